The van der Waals surface area contributed by atoms with Crippen molar-refractivity contribution in [3.8, 4) is 0 Å². The zero-order chi connectivity index (χ0) is 23.1. The molecule has 0 amide bonds. The molecule has 0 saturated heterocycles. The van der Waals surface area contributed by atoms with Crippen molar-refractivity contribution in [2.45, 2.75) is 0 Å². The van der Waals surface area contributed by atoms with E-state index in [0.29, 0.717) is 18.8 Å². The van der Waals surface area contributed by atoms with Gasteiger partial charge in [-0.25, -0.2) is 0 Å². The molecule has 0 fully saturated rings. The Morgan fingerprint density at radius 3 is 2.44 bits per heavy atom. The molecule has 2 N–H and O–H groups in total. The van der Waals surface area contributed by atoms with E-state index in [0.717, 1.165) is 28.6 Å². The highest BCUT2D eigenvalue weighted by molar-refractivity contribution is 9.10. The molecule has 166 valence electrons. The summed E-state index contributed by atoms with van der Waals surface area (Å²) in [5, 5.41) is 44.3. The van der Waals surface area contributed by atoms with Crippen LogP contribution in [0.1, 0.15) is 0 Å². The van der Waals surface area contributed by atoms with Gasteiger partial charge in [0.1, 0.15) is 0 Å². The molecule has 11 nitrogen and oxygen atoms in total. The number of nitrogens with zero attached hydrogens (tertiary/aromatic N) is 4. The molecule has 0 unspecified atom stereocenters. The van der Waals surface area contributed by atoms with Gasteiger partial charge in [-0.1, -0.05) is 24.3 Å². The van der Waals surface area contributed by atoms with Crippen LogP contribution in [-0.2, 0) is 4.74 Å². The average Bonchev–Trinajstić information content (AvgIpc) is 2.78. The fourth-order valence-corrected chi connectivity index (χ4v) is 3.48. The number of nitrogens with one attached hydrogen (secondary N) is 1. The Morgan fingerprint density at radius 1 is 1.00 bits per heavy atom. The smallest absolute Gasteiger partial charge is 0.304 e. The van der Waals surface area contributed by atoms with Gasteiger partial charge in [0.05, 0.1) is 45.9 Å². The molecule has 0 spiro atoms. The summed E-state index contributed by atoms with van der Waals surface area (Å²) in [4.78, 5) is 21.0. The summed E-state index contributed by atoms with van der Waals surface area (Å²) in [6.07, 6.45) is 0. The highest BCUT2D eigenvalue weighted by atomic mass is 79.9. The van der Waals surface area contributed by atoms with Crippen molar-refractivity contribution in [3.05, 3.63) is 73.2 Å². The van der Waals surface area contributed by atoms with Crippen molar-refractivity contribution < 1.29 is 19.7 Å². The molecular formula is C20H18BrN5O6. The maximum absolute atomic E-state index is 11.4. The number of anilines is 1. The van der Waals surface area contributed by atoms with E-state index < -0.39 is 21.2 Å². The van der Waals surface area contributed by atoms with Crippen LogP contribution in [0.15, 0.2) is 63.2 Å². The van der Waals surface area contributed by atoms with E-state index in [-0.39, 0.29) is 23.4 Å². The molecule has 0 aliphatic rings. The van der Waals surface area contributed by atoms with Gasteiger partial charge in [0.25, 0.3) is 5.69 Å². The third kappa shape index (κ3) is 5.41. The lowest BCUT2D eigenvalue weighted by molar-refractivity contribution is -0.393. The molecule has 0 saturated carbocycles. The second kappa shape index (κ2) is 10.7. The number of fused-ring (bicyclic) bond motifs is 1. The van der Waals surface area contributed by atoms with E-state index in [1.54, 1.807) is 6.07 Å². The first-order valence-electron chi connectivity index (χ1n) is 9.40. The Kier molecular flexibility index (Phi) is 7.76. The fourth-order valence-electron chi connectivity index (χ4n) is 2.97. The van der Waals surface area contributed by atoms with Crippen molar-refractivity contribution in [2.75, 3.05) is 31.7 Å². The van der Waals surface area contributed by atoms with Crippen LogP contribution in [0, 0.1) is 20.2 Å². The first-order chi connectivity index (χ1) is 15.4. The molecule has 3 aromatic rings. The minimum Gasteiger partial charge on any atom is -0.394 e. The molecule has 0 aliphatic heterocycles. The zero-order valence-corrected chi connectivity index (χ0v) is 18.2. The van der Waals surface area contributed by atoms with Crippen molar-refractivity contribution in [3.63, 3.8) is 0 Å². The summed E-state index contributed by atoms with van der Waals surface area (Å²) < 4.78 is 5.34. The van der Waals surface area contributed by atoms with Crippen LogP contribution in [0.3, 0.4) is 0 Å². The average molecular weight is 504 g/mol. The number of non-ortho nitro benzene ring substituents is 1. The van der Waals surface area contributed by atoms with E-state index >= 15 is 0 Å². The Bertz CT molecular complexity index is 1190. The zero-order valence-electron chi connectivity index (χ0n) is 16.6. The first kappa shape index (κ1) is 23.2. The van der Waals surface area contributed by atoms with Crippen LogP contribution in [0.5, 0.6) is 0 Å². The molecule has 0 bridgehead atoms. The van der Waals surface area contributed by atoms with Crippen molar-refractivity contribution in [1.82, 2.24) is 0 Å². The molecule has 32 heavy (non-hydrogen) atoms. The molecule has 0 aromatic heterocycles. The number of rotatable bonds is 10. The van der Waals surface area contributed by atoms with Crippen molar-refractivity contribution in [2.24, 2.45) is 10.2 Å². The summed E-state index contributed by atoms with van der Waals surface area (Å²) in [5.74, 6) is 0. The monoisotopic (exact) mass is 503 g/mol. The molecule has 0 aliphatic carbocycles. The Morgan fingerprint density at radius 2 is 1.75 bits per heavy atom. The molecule has 0 radical (unpaired) electrons. The summed E-state index contributed by atoms with van der Waals surface area (Å²) in [6, 6.07) is 13.0. The van der Waals surface area contributed by atoms with Gasteiger partial charge in [0.15, 0.2) is 5.69 Å². The highest BCUT2D eigenvalue weighted by Crippen LogP contribution is 2.40. The van der Waals surface area contributed by atoms with Crippen LogP contribution >= 0.6 is 15.9 Å². The lowest BCUT2D eigenvalue weighted by Gasteiger charge is -2.11. The lowest BCUT2D eigenvalue weighted by atomic mass is 10.1. The second-order valence-corrected chi connectivity index (χ2v) is 7.30. The molecule has 3 rings (SSSR count). The van der Waals surface area contributed by atoms with Gasteiger partial charge in [-0.3, -0.25) is 20.2 Å². The minimum absolute atomic E-state index is 0.0360. The summed E-state index contributed by atoms with van der Waals surface area (Å²) in [7, 11) is 0. The number of ether oxygens (including phenoxy) is 1. The van der Waals surface area contributed by atoms with Gasteiger partial charge in [0, 0.05) is 29.1 Å². The largest absolute Gasteiger partial charge is 0.394 e. The van der Waals surface area contributed by atoms with E-state index in [9.17, 15) is 20.2 Å². The number of benzene rings is 3. The van der Waals surface area contributed by atoms with Crippen LogP contribution in [0.25, 0.3) is 10.8 Å². The number of aliphatic hydroxyl groups is 1. The fraction of sp³-hybridized carbons (Fsp3) is 0.200. The Balaban J connectivity index is 1.94. The third-order valence-corrected chi connectivity index (χ3v) is 5.00. The van der Waals surface area contributed by atoms with Gasteiger partial charge < -0.3 is 15.2 Å². The van der Waals surface area contributed by atoms with Gasteiger partial charge in [-0.15, -0.1) is 10.2 Å². The Labute approximate surface area is 190 Å². The molecule has 3 aromatic carbocycles. The topological polar surface area (TPSA) is 152 Å². The van der Waals surface area contributed by atoms with E-state index in [1.165, 1.54) is 0 Å². The number of halogens is 1. The summed E-state index contributed by atoms with van der Waals surface area (Å²) in [5.41, 5.74) is 0.247. The van der Waals surface area contributed by atoms with Crippen LogP contribution in [-0.4, -0.2) is 41.3 Å². The first-order valence-corrected chi connectivity index (χ1v) is 10.2. The number of azo groups is 1. The van der Waals surface area contributed by atoms with Gasteiger partial charge in [0.2, 0.25) is 0 Å². The SMILES string of the molecule is O=[N+]([O-])c1cc(Br)c(N=Nc2ccc(NCCOCCO)c3ccccc23)c([N+](=O)[O-])c1. The van der Waals surface area contributed by atoms with Crippen molar-refractivity contribution >= 4 is 55.1 Å². The number of hydrogen-bond donors (Lipinski definition) is 2. The van der Waals surface area contributed by atoms with Crippen molar-refractivity contribution in [1.29, 1.82) is 0 Å². The molecule has 0 heterocycles. The third-order valence-electron chi connectivity index (χ3n) is 4.39. The van der Waals surface area contributed by atoms with Gasteiger partial charge in [-0.2, -0.15) is 0 Å². The van der Waals surface area contributed by atoms with E-state index in [1.807, 2.05) is 30.3 Å². The number of nitro groups is 2. The second-order valence-electron chi connectivity index (χ2n) is 6.45. The molecule has 12 heteroatoms. The number of nitro benzene ring substituents is 2. The van der Waals surface area contributed by atoms with Crippen LogP contribution in [0.4, 0.5) is 28.4 Å². The number of hydrogen-bond acceptors (Lipinski definition) is 9. The Hall–Kier alpha value is -3.48. The molecular weight excluding hydrogens is 486 g/mol. The van der Waals surface area contributed by atoms with Crippen LogP contribution < -0.4 is 5.32 Å². The predicted molar refractivity (Wildman–Crippen MR) is 122 cm³/mol. The highest BCUT2D eigenvalue weighted by Gasteiger charge is 2.23. The quantitative estimate of drug-likeness (QED) is 0.165. The minimum atomic E-state index is -0.740. The molecule has 0 atom stereocenters. The summed E-state index contributed by atoms with van der Waals surface area (Å²) in [6.45, 7) is 1.19. The standard InChI is InChI=1S/C20H18BrN5O6/c21-16-11-13(25(28)29)12-19(26(30)31)20(16)24-23-18-6-5-17(22-7-9-32-10-8-27)14-3-1-2-4-15(14)18/h1-6,11-12,22,27H,7-10H2. The normalized spacial score (nSPS) is 11.2. The maximum Gasteiger partial charge on any atom is 0.304 e. The summed E-state index contributed by atoms with van der Waals surface area (Å²) >= 11 is 3.12. The number of aliphatic hydroxyl groups excluding tert-OH is 1. The lowest BCUT2D eigenvalue weighted by Crippen LogP contribution is -2.11. The van der Waals surface area contributed by atoms with Crippen LogP contribution in [0.2, 0.25) is 0 Å². The van der Waals surface area contributed by atoms with E-state index in [4.69, 9.17) is 9.84 Å². The maximum atomic E-state index is 11.4. The van der Waals surface area contributed by atoms with Gasteiger partial charge in [-0.05, 0) is 28.1 Å². The predicted octanol–water partition coefficient (Wildman–Crippen LogP) is 5.25. The van der Waals surface area contributed by atoms with E-state index in [2.05, 4.69) is 31.5 Å². The van der Waals surface area contributed by atoms with Gasteiger partial charge >= 0.3 is 5.69 Å².